The summed E-state index contributed by atoms with van der Waals surface area (Å²) in [6.45, 7) is 5.06. The SMILES string of the molecule is COc1cccc(CNC(=O)NCCn2nnc3cc(C(=O)NC(C)C)ccc32)c1. The predicted octanol–water partition coefficient (Wildman–Crippen LogP) is 2.08. The van der Waals surface area contributed by atoms with E-state index in [1.54, 1.807) is 23.9 Å². The van der Waals surface area contributed by atoms with Gasteiger partial charge in [-0.3, -0.25) is 4.79 Å². The fourth-order valence-electron chi connectivity index (χ4n) is 2.93. The van der Waals surface area contributed by atoms with Crippen LogP contribution < -0.4 is 20.7 Å². The molecule has 3 N–H and O–H groups in total. The number of ether oxygens (including phenoxy) is 1. The van der Waals surface area contributed by atoms with Crippen LogP contribution in [0.25, 0.3) is 11.0 Å². The first kappa shape index (κ1) is 21.1. The van der Waals surface area contributed by atoms with Crippen molar-refractivity contribution in [2.24, 2.45) is 0 Å². The number of rotatable bonds is 8. The third-order valence-electron chi connectivity index (χ3n) is 4.39. The zero-order chi connectivity index (χ0) is 21.5. The second-order valence-electron chi connectivity index (χ2n) is 7.11. The maximum atomic E-state index is 12.1. The van der Waals surface area contributed by atoms with Crippen molar-refractivity contribution < 1.29 is 14.3 Å². The molecule has 3 rings (SSSR count). The zero-order valence-corrected chi connectivity index (χ0v) is 17.3. The Kier molecular flexibility index (Phi) is 6.84. The summed E-state index contributed by atoms with van der Waals surface area (Å²) in [7, 11) is 1.61. The molecule has 0 saturated heterocycles. The van der Waals surface area contributed by atoms with Crippen LogP contribution in [0.3, 0.4) is 0 Å². The topological polar surface area (TPSA) is 110 Å². The molecular formula is C21H26N6O3. The standard InChI is InChI=1S/C21H26N6O3/c1-14(2)24-20(28)16-7-8-19-18(12-16)25-26-27(19)10-9-22-21(29)23-13-15-5-4-6-17(11-15)30-3/h4-8,11-12,14H,9-10,13H2,1-3H3,(H,24,28)(H2,22,23,29). The van der Waals surface area contributed by atoms with E-state index < -0.39 is 0 Å². The normalized spacial score (nSPS) is 10.8. The number of carbonyl (C=O) groups is 2. The summed E-state index contributed by atoms with van der Waals surface area (Å²) >= 11 is 0. The highest BCUT2D eigenvalue weighted by atomic mass is 16.5. The van der Waals surface area contributed by atoms with E-state index in [4.69, 9.17) is 4.74 Å². The van der Waals surface area contributed by atoms with Crippen LogP contribution in [0.2, 0.25) is 0 Å². The maximum absolute atomic E-state index is 12.1. The number of fused-ring (bicyclic) bond motifs is 1. The monoisotopic (exact) mass is 410 g/mol. The van der Waals surface area contributed by atoms with Crippen LogP contribution in [-0.4, -0.2) is 46.6 Å². The average Bonchev–Trinajstić information content (AvgIpc) is 3.14. The van der Waals surface area contributed by atoms with Gasteiger partial charge in [-0.2, -0.15) is 0 Å². The van der Waals surface area contributed by atoms with E-state index in [0.29, 0.717) is 30.7 Å². The van der Waals surface area contributed by atoms with Gasteiger partial charge in [-0.1, -0.05) is 17.3 Å². The second kappa shape index (κ2) is 9.73. The van der Waals surface area contributed by atoms with Gasteiger partial charge in [-0.25, -0.2) is 9.48 Å². The third kappa shape index (κ3) is 5.47. The number of methoxy groups -OCH3 is 1. The molecule has 0 aliphatic rings. The van der Waals surface area contributed by atoms with Crippen LogP contribution in [0.4, 0.5) is 4.79 Å². The molecular weight excluding hydrogens is 384 g/mol. The molecule has 0 aliphatic carbocycles. The first-order valence-electron chi connectivity index (χ1n) is 9.75. The summed E-state index contributed by atoms with van der Waals surface area (Å²) in [5.74, 6) is 0.605. The van der Waals surface area contributed by atoms with Crippen molar-refractivity contribution in [1.29, 1.82) is 0 Å². The molecule has 0 bridgehead atoms. The first-order chi connectivity index (χ1) is 14.5. The smallest absolute Gasteiger partial charge is 0.315 e. The number of aromatic nitrogens is 3. The fourth-order valence-corrected chi connectivity index (χ4v) is 2.93. The molecule has 0 saturated carbocycles. The van der Waals surface area contributed by atoms with E-state index in [1.165, 1.54) is 0 Å². The van der Waals surface area contributed by atoms with Gasteiger partial charge in [0.2, 0.25) is 0 Å². The molecule has 0 radical (unpaired) electrons. The Balaban J connectivity index is 1.50. The molecule has 9 heteroatoms. The molecule has 9 nitrogen and oxygen atoms in total. The van der Waals surface area contributed by atoms with Crippen molar-refractivity contribution in [1.82, 2.24) is 30.9 Å². The van der Waals surface area contributed by atoms with Gasteiger partial charge in [0, 0.05) is 24.7 Å². The van der Waals surface area contributed by atoms with E-state index in [0.717, 1.165) is 16.8 Å². The number of nitrogens with one attached hydrogen (secondary N) is 3. The zero-order valence-electron chi connectivity index (χ0n) is 17.3. The Morgan fingerprint density at radius 1 is 1.13 bits per heavy atom. The van der Waals surface area contributed by atoms with E-state index in [2.05, 4.69) is 26.3 Å². The van der Waals surface area contributed by atoms with Gasteiger partial charge in [0.1, 0.15) is 11.3 Å². The van der Waals surface area contributed by atoms with Gasteiger partial charge in [0.25, 0.3) is 5.91 Å². The number of hydrogen-bond donors (Lipinski definition) is 3. The third-order valence-corrected chi connectivity index (χ3v) is 4.39. The largest absolute Gasteiger partial charge is 0.497 e. The summed E-state index contributed by atoms with van der Waals surface area (Å²) in [6, 6.07) is 12.6. The van der Waals surface area contributed by atoms with Crippen molar-refractivity contribution in [3.63, 3.8) is 0 Å². The molecule has 30 heavy (non-hydrogen) atoms. The fraction of sp³-hybridized carbons (Fsp3) is 0.333. The minimum atomic E-state index is -0.269. The summed E-state index contributed by atoms with van der Waals surface area (Å²) in [6.07, 6.45) is 0. The summed E-state index contributed by atoms with van der Waals surface area (Å²) in [5, 5.41) is 16.7. The summed E-state index contributed by atoms with van der Waals surface area (Å²) in [5.41, 5.74) is 2.92. The van der Waals surface area contributed by atoms with Crippen LogP contribution in [0.1, 0.15) is 29.8 Å². The molecule has 0 fully saturated rings. The van der Waals surface area contributed by atoms with Crippen LogP contribution in [-0.2, 0) is 13.1 Å². The Hall–Kier alpha value is -3.62. The van der Waals surface area contributed by atoms with Gasteiger partial charge in [0.05, 0.1) is 19.2 Å². The highest BCUT2D eigenvalue weighted by Gasteiger charge is 2.11. The van der Waals surface area contributed by atoms with Gasteiger partial charge in [-0.05, 0) is 49.7 Å². The van der Waals surface area contributed by atoms with Crippen molar-refractivity contribution in [2.75, 3.05) is 13.7 Å². The van der Waals surface area contributed by atoms with Gasteiger partial charge >= 0.3 is 6.03 Å². The Morgan fingerprint density at radius 3 is 2.73 bits per heavy atom. The minimum Gasteiger partial charge on any atom is -0.497 e. The van der Waals surface area contributed by atoms with Gasteiger partial charge < -0.3 is 20.7 Å². The molecule has 0 unspecified atom stereocenters. The lowest BCUT2D eigenvalue weighted by Gasteiger charge is -2.09. The Morgan fingerprint density at radius 2 is 1.97 bits per heavy atom. The van der Waals surface area contributed by atoms with Crippen LogP contribution in [0, 0.1) is 0 Å². The molecule has 1 heterocycles. The van der Waals surface area contributed by atoms with E-state index in [9.17, 15) is 9.59 Å². The van der Waals surface area contributed by atoms with Gasteiger partial charge in [0.15, 0.2) is 0 Å². The molecule has 1 aromatic heterocycles. The number of benzene rings is 2. The quantitative estimate of drug-likeness (QED) is 0.527. The Labute approximate surface area is 174 Å². The molecule has 158 valence electrons. The molecule has 3 aromatic rings. The van der Waals surface area contributed by atoms with Crippen LogP contribution >= 0.6 is 0 Å². The maximum Gasteiger partial charge on any atom is 0.315 e. The highest BCUT2D eigenvalue weighted by Crippen LogP contribution is 2.14. The summed E-state index contributed by atoms with van der Waals surface area (Å²) < 4.78 is 6.87. The molecule has 0 spiro atoms. The van der Waals surface area contributed by atoms with Crippen molar-refractivity contribution in [3.8, 4) is 5.75 Å². The van der Waals surface area contributed by atoms with Crippen molar-refractivity contribution in [2.45, 2.75) is 33.0 Å². The predicted molar refractivity (Wildman–Crippen MR) is 113 cm³/mol. The highest BCUT2D eigenvalue weighted by molar-refractivity contribution is 5.97. The molecule has 2 aromatic carbocycles. The number of urea groups is 1. The number of hydrogen-bond acceptors (Lipinski definition) is 5. The summed E-state index contributed by atoms with van der Waals surface area (Å²) in [4.78, 5) is 24.2. The van der Waals surface area contributed by atoms with E-state index >= 15 is 0 Å². The van der Waals surface area contributed by atoms with Crippen LogP contribution in [0.5, 0.6) is 5.75 Å². The molecule has 0 aliphatic heterocycles. The number of nitrogens with zero attached hydrogens (tertiary/aromatic N) is 3. The lowest BCUT2D eigenvalue weighted by atomic mass is 10.2. The van der Waals surface area contributed by atoms with E-state index in [1.807, 2.05) is 44.2 Å². The van der Waals surface area contributed by atoms with E-state index in [-0.39, 0.29) is 18.0 Å². The average molecular weight is 410 g/mol. The molecule has 0 atom stereocenters. The van der Waals surface area contributed by atoms with Crippen LogP contribution in [0.15, 0.2) is 42.5 Å². The molecule has 3 amide bonds. The van der Waals surface area contributed by atoms with Crippen molar-refractivity contribution >= 4 is 23.0 Å². The number of carbonyl (C=O) groups excluding carboxylic acids is 2. The first-order valence-corrected chi connectivity index (χ1v) is 9.75. The lowest BCUT2D eigenvalue weighted by molar-refractivity contribution is 0.0943. The minimum absolute atomic E-state index is 0.0602. The lowest BCUT2D eigenvalue weighted by Crippen LogP contribution is -2.36. The van der Waals surface area contributed by atoms with Crippen molar-refractivity contribution in [3.05, 3.63) is 53.6 Å². The Bertz CT molecular complexity index is 1030. The van der Waals surface area contributed by atoms with Gasteiger partial charge in [-0.15, -0.1) is 5.10 Å². The second-order valence-corrected chi connectivity index (χ2v) is 7.11. The number of amides is 3.